The zero-order valence-electron chi connectivity index (χ0n) is 17.6. The Kier molecular flexibility index (Phi) is 6.33. The SMILES string of the molecule is CCn1cc(NC(=O)c2cc(OC(C)c3c(O)ccc(F)c3C)c(C)nn2)ccc1=O. The molecule has 3 rings (SSSR count). The lowest BCUT2D eigenvalue weighted by atomic mass is 10.0. The van der Waals surface area contributed by atoms with E-state index in [-0.39, 0.29) is 28.3 Å². The van der Waals surface area contributed by atoms with Crippen molar-refractivity contribution in [3.63, 3.8) is 0 Å². The molecule has 1 unspecified atom stereocenters. The molecule has 0 fully saturated rings. The van der Waals surface area contributed by atoms with Gasteiger partial charge in [-0.15, -0.1) is 5.10 Å². The van der Waals surface area contributed by atoms with Crippen LogP contribution in [0.5, 0.6) is 11.5 Å². The minimum Gasteiger partial charge on any atom is -0.508 e. The Morgan fingerprint density at radius 3 is 2.71 bits per heavy atom. The molecule has 0 bridgehead atoms. The summed E-state index contributed by atoms with van der Waals surface area (Å²) in [6.07, 6.45) is 0.833. The fourth-order valence-corrected chi connectivity index (χ4v) is 3.16. The van der Waals surface area contributed by atoms with E-state index in [0.29, 0.717) is 23.5 Å². The monoisotopic (exact) mass is 426 g/mol. The summed E-state index contributed by atoms with van der Waals surface area (Å²) >= 11 is 0. The van der Waals surface area contributed by atoms with Crippen molar-refractivity contribution >= 4 is 11.6 Å². The zero-order chi connectivity index (χ0) is 22.7. The van der Waals surface area contributed by atoms with E-state index in [1.807, 2.05) is 6.92 Å². The van der Waals surface area contributed by atoms with Crippen molar-refractivity contribution < 1.29 is 19.0 Å². The number of phenols is 1. The Morgan fingerprint density at radius 2 is 2.00 bits per heavy atom. The van der Waals surface area contributed by atoms with Crippen molar-refractivity contribution in [2.45, 2.75) is 40.3 Å². The molecule has 31 heavy (non-hydrogen) atoms. The van der Waals surface area contributed by atoms with Crippen molar-refractivity contribution in [1.29, 1.82) is 0 Å². The number of aryl methyl sites for hydroxylation is 2. The largest absolute Gasteiger partial charge is 0.508 e. The number of anilines is 1. The molecule has 0 saturated heterocycles. The number of pyridine rings is 1. The van der Waals surface area contributed by atoms with Crippen LogP contribution in [0.15, 0.2) is 41.3 Å². The molecule has 1 atom stereocenters. The van der Waals surface area contributed by atoms with Crippen LogP contribution in [0.2, 0.25) is 0 Å². The van der Waals surface area contributed by atoms with Gasteiger partial charge in [-0.1, -0.05) is 0 Å². The second-order valence-electron chi connectivity index (χ2n) is 7.04. The van der Waals surface area contributed by atoms with Crippen LogP contribution in [0.25, 0.3) is 0 Å². The van der Waals surface area contributed by atoms with E-state index >= 15 is 0 Å². The minimum absolute atomic E-state index is 0.00207. The molecule has 1 amide bonds. The first-order valence-electron chi connectivity index (χ1n) is 9.72. The van der Waals surface area contributed by atoms with Gasteiger partial charge in [-0.2, -0.15) is 5.10 Å². The zero-order valence-corrected chi connectivity index (χ0v) is 17.6. The highest BCUT2D eigenvalue weighted by Gasteiger charge is 2.20. The molecule has 0 aliphatic carbocycles. The van der Waals surface area contributed by atoms with Gasteiger partial charge in [-0.05, 0) is 51.5 Å². The van der Waals surface area contributed by atoms with Gasteiger partial charge >= 0.3 is 0 Å². The number of halogens is 1. The lowest BCUT2D eigenvalue weighted by Gasteiger charge is -2.19. The average molecular weight is 426 g/mol. The number of hydrogen-bond acceptors (Lipinski definition) is 6. The fourth-order valence-electron chi connectivity index (χ4n) is 3.16. The maximum Gasteiger partial charge on any atom is 0.276 e. The Morgan fingerprint density at radius 1 is 1.26 bits per heavy atom. The van der Waals surface area contributed by atoms with E-state index in [1.54, 1.807) is 20.8 Å². The number of carbonyl (C=O) groups is 1. The smallest absolute Gasteiger partial charge is 0.276 e. The summed E-state index contributed by atoms with van der Waals surface area (Å²) in [4.78, 5) is 24.3. The topological polar surface area (TPSA) is 106 Å². The minimum atomic E-state index is -0.706. The highest BCUT2D eigenvalue weighted by molar-refractivity contribution is 6.02. The predicted molar refractivity (Wildman–Crippen MR) is 113 cm³/mol. The van der Waals surface area contributed by atoms with E-state index in [2.05, 4.69) is 15.5 Å². The molecule has 162 valence electrons. The van der Waals surface area contributed by atoms with Crippen molar-refractivity contribution in [3.8, 4) is 11.5 Å². The van der Waals surface area contributed by atoms with Crippen LogP contribution >= 0.6 is 0 Å². The summed E-state index contributed by atoms with van der Waals surface area (Å²) in [6, 6.07) is 6.75. The molecule has 9 heteroatoms. The summed E-state index contributed by atoms with van der Waals surface area (Å²) in [6.45, 7) is 7.16. The van der Waals surface area contributed by atoms with Gasteiger partial charge in [0.1, 0.15) is 29.1 Å². The molecule has 0 aliphatic heterocycles. The molecule has 2 N–H and O–H groups in total. The number of nitrogens with one attached hydrogen (secondary N) is 1. The number of rotatable bonds is 6. The van der Waals surface area contributed by atoms with Crippen molar-refractivity contribution in [3.05, 3.63) is 75.2 Å². The number of amides is 1. The molecule has 2 aromatic heterocycles. The summed E-state index contributed by atoms with van der Waals surface area (Å²) in [5.74, 6) is -0.804. The number of phenolic OH excluding ortho intramolecular Hbond substituents is 1. The predicted octanol–water partition coefficient (Wildman–Crippen LogP) is 3.51. The van der Waals surface area contributed by atoms with E-state index in [9.17, 15) is 19.1 Å². The number of benzene rings is 1. The Bertz CT molecular complexity index is 1190. The van der Waals surface area contributed by atoms with Gasteiger partial charge in [0.15, 0.2) is 5.69 Å². The molecule has 0 radical (unpaired) electrons. The molecule has 0 spiro atoms. The van der Waals surface area contributed by atoms with Gasteiger partial charge in [-0.25, -0.2) is 4.39 Å². The summed E-state index contributed by atoms with van der Waals surface area (Å²) in [5, 5.41) is 20.7. The first-order valence-corrected chi connectivity index (χ1v) is 9.72. The molecule has 1 aromatic carbocycles. The van der Waals surface area contributed by atoms with Crippen molar-refractivity contribution in [1.82, 2.24) is 14.8 Å². The first kappa shape index (κ1) is 21.9. The van der Waals surface area contributed by atoms with Gasteiger partial charge in [0.25, 0.3) is 11.5 Å². The highest BCUT2D eigenvalue weighted by Crippen LogP contribution is 2.33. The maximum absolute atomic E-state index is 13.9. The van der Waals surface area contributed by atoms with Crippen LogP contribution in [0, 0.1) is 19.7 Å². The second-order valence-corrected chi connectivity index (χ2v) is 7.04. The van der Waals surface area contributed by atoms with Crippen LogP contribution in [0.3, 0.4) is 0 Å². The summed E-state index contributed by atoms with van der Waals surface area (Å²) in [7, 11) is 0. The fraction of sp³-hybridized carbons (Fsp3) is 0.273. The lowest BCUT2D eigenvalue weighted by Crippen LogP contribution is -2.20. The third kappa shape index (κ3) is 4.71. The standard InChI is InChI=1S/C22H23FN4O4/c1-5-27-11-15(6-9-20(27)29)24-22(30)17-10-19(13(3)25-26-17)31-14(4)21-12(2)16(23)7-8-18(21)28/h6-11,14,28H,5H2,1-4H3,(H,24,30). The number of nitrogens with zero attached hydrogens (tertiary/aromatic N) is 3. The molecule has 8 nitrogen and oxygen atoms in total. The van der Waals surface area contributed by atoms with Crippen LogP contribution in [-0.4, -0.2) is 25.8 Å². The van der Waals surface area contributed by atoms with Crippen molar-refractivity contribution in [2.75, 3.05) is 5.32 Å². The Balaban J connectivity index is 1.84. The van der Waals surface area contributed by atoms with Crippen molar-refractivity contribution in [2.24, 2.45) is 0 Å². The van der Waals surface area contributed by atoms with Crippen LogP contribution in [0.1, 0.15) is 47.3 Å². The average Bonchev–Trinajstić information content (AvgIpc) is 2.74. The van der Waals surface area contributed by atoms with Crippen LogP contribution in [-0.2, 0) is 6.54 Å². The number of carbonyl (C=O) groups excluding carboxylic acids is 1. The van der Waals surface area contributed by atoms with Gasteiger partial charge in [0.05, 0.1) is 5.69 Å². The second kappa shape index (κ2) is 8.95. The molecule has 2 heterocycles. The van der Waals surface area contributed by atoms with E-state index < -0.39 is 17.8 Å². The molecule has 3 aromatic rings. The Hall–Kier alpha value is -3.75. The van der Waals surface area contributed by atoms with E-state index in [1.165, 1.54) is 41.1 Å². The highest BCUT2D eigenvalue weighted by atomic mass is 19.1. The molecular weight excluding hydrogens is 403 g/mol. The van der Waals surface area contributed by atoms with Gasteiger partial charge in [-0.3, -0.25) is 9.59 Å². The molecule has 0 aliphatic rings. The van der Waals surface area contributed by atoms with Crippen LogP contribution < -0.4 is 15.6 Å². The number of hydrogen-bond donors (Lipinski definition) is 2. The van der Waals surface area contributed by atoms with Gasteiger partial charge < -0.3 is 19.7 Å². The number of aromatic hydroxyl groups is 1. The van der Waals surface area contributed by atoms with E-state index in [4.69, 9.17) is 4.74 Å². The van der Waals surface area contributed by atoms with Crippen LogP contribution in [0.4, 0.5) is 10.1 Å². The molecule has 0 saturated carbocycles. The number of aromatic nitrogens is 3. The third-order valence-electron chi connectivity index (χ3n) is 4.88. The molecular formula is C22H23FN4O4. The summed E-state index contributed by atoms with van der Waals surface area (Å²) < 4.78 is 21.3. The van der Waals surface area contributed by atoms with E-state index in [0.717, 1.165) is 0 Å². The summed E-state index contributed by atoms with van der Waals surface area (Å²) in [5.41, 5.74) is 1.28. The first-order chi connectivity index (χ1) is 14.7. The number of ether oxygens (including phenoxy) is 1. The quantitative estimate of drug-likeness (QED) is 0.625. The van der Waals surface area contributed by atoms with Gasteiger partial charge in [0, 0.05) is 30.4 Å². The maximum atomic E-state index is 13.9. The van der Waals surface area contributed by atoms with Gasteiger partial charge in [0.2, 0.25) is 0 Å². The normalized spacial score (nSPS) is 11.8. The third-order valence-corrected chi connectivity index (χ3v) is 4.88. The Labute approximate surface area is 178 Å². The lowest BCUT2D eigenvalue weighted by molar-refractivity contribution is 0.102.